The average Bonchev–Trinajstić information content (AvgIpc) is 3.29. The molecule has 1 fully saturated rings. The van der Waals surface area contributed by atoms with Crippen molar-refractivity contribution < 1.29 is 14.3 Å². The molecule has 1 saturated heterocycles. The first-order chi connectivity index (χ1) is 15.1. The number of anilines is 1. The molecule has 166 valence electrons. The highest BCUT2D eigenvalue weighted by atomic mass is 16.5. The maximum Gasteiger partial charge on any atom is 0.252 e. The third-order valence-electron chi connectivity index (χ3n) is 5.08. The predicted molar refractivity (Wildman–Crippen MR) is 121 cm³/mol. The van der Waals surface area contributed by atoms with Gasteiger partial charge in [-0.2, -0.15) is 0 Å². The summed E-state index contributed by atoms with van der Waals surface area (Å²) in [5.74, 6) is 2.12. The number of hydrogen-bond acceptors (Lipinski definition) is 6. The Labute approximate surface area is 182 Å². The van der Waals surface area contributed by atoms with Crippen molar-refractivity contribution in [3.8, 4) is 11.5 Å². The second-order valence-electron chi connectivity index (χ2n) is 7.14. The lowest BCUT2D eigenvalue weighted by atomic mass is 10.2. The molecular weight excluding hydrogens is 396 g/mol. The van der Waals surface area contributed by atoms with E-state index in [-0.39, 0.29) is 11.9 Å². The van der Waals surface area contributed by atoms with E-state index >= 15 is 0 Å². The largest absolute Gasteiger partial charge is 0.497 e. The average molecular weight is 427 g/mol. The number of nitrogens with one attached hydrogen (secondary N) is 3. The Bertz CT molecular complexity index is 868. The van der Waals surface area contributed by atoms with Gasteiger partial charge < -0.3 is 30.3 Å². The molecule has 1 aliphatic heterocycles. The van der Waals surface area contributed by atoms with Gasteiger partial charge in [-0.1, -0.05) is 0 Å². The van der Waals surface area contributed by atoms with Crippen molar-refractivity contribution in [2.24, 2.45) is 4.99 Å². The number of carbonyl (C=O) groups excluding carboxylic acids is 1. The van der Waals surface area contributed by atoms with Gasteiger partial charge in [0.05, 0.1) is 19.8 Å². The van der Waals surface area contributed by atoms with Crippen molar-refractivity contribution >= 4 is 17.6 Å². The molecule has 0 spiro atoms. The van der Waals surface area contributed by atoms with Gasteiger partial charge in [0, 0.05) is 75.5 Å². The maximum atomic E-state index is 12.1. The Morgan fingerprint density at radius 2 is 1.94 bits per heavy atom. The molecular formula is C22H30N6O3. The molecule has 1 aromatic carbocycles. The third kappa shape index (κ3) is 6.24. The normalized spacial score (nSPS) is 16.0. The Morgan fingerprint density at radius 1 is 1.19 bits per heavy atom. The number of aromatic nitrogens is 1. The minimum atomic E-state index is -0.141. The number of methoxy groups -OCH3 is 2. The number of pyridine rings is 1. The molecule has 0 radical (unpaired) electrons. The molecule has 1 unspecified atom stereocenters. The molecule has 31 heavy (non-hydrogen) atoms. The van der Waals surface area contributed by atoms with Crippen molar-refractivity contribution in [2.75, 3.05) is 52.3 Å². The van der Waals surface area contributed by atoms with E-state index in [9.17, 15) is 4.79 Å². The summed E-state index contributed by atoms with van der Waals surface area (Å²) in [6, 6.07) is 9.64. The van der Waals surface area contributed by atoms with Crippen LogP contribution in [-0.4, -0.2) is 70.3 Å². The number of aliphatic imine (C=N–C) groups is 1. The number of amides is 1. The van der Waals surface area contributed by atoms with E-state index in [1.54, 1.807) is 45.8 Å². The number of guanidine groups is 1. The quantitative estimate of drug-likeness (QED) is 0.332. The fraction of sp³-hybridized carbons (Fsp3) is 0.409. The maximum absolute atomic E-state index is 12.1. The van der Waals surface area contributed by atoms with Crippen LogP contribution in [0.3, 0.4) is 0 Å². The highest BCUT2D eigenvalue weighted by molar-refractivity contribution is 5.93. The zero-order chi connectivity index (χ0) is 22.1. The first kappa shape index (κ1) is 22.2. The summed E-state index contributed by atoms with van der Waals surface area (Å²) in [6.07, 6.45) is 4.17. The van der Waals surface area contributed by atoms with Crippen LogP contribution >= 0.6 is 0 Å². The number of carbonyl (C=O) groups is 1. The molecule has 3 N–H and O–H groups in total. The van der Waals surface area contributed by atoms with Crippen LogP contribution in [0.25, 0.3) is 0 Å². The van der Waals surface area contributed by atoms with Crippen molar-refractivity contribution in [3.63, 3.8) is 0 Å². The lowest BCUT2D eigenvalue weighted by Crippen LogP contribution is -2.46. The Kier molecular flexibility index (Phi) is 7.91. The van der Waals surface area contributed by atoms with Crippen molar-refractivity contribution in [1.82, 2.24) is 20.9 Å². The van der Waals surface area contributed by atoms with Crippen LogP contribution in [0.5, 0.6) is 11.5 Å². The van der Waals surface area contributed by atoms with Gasteiger partial charge in [0.1, 0.15) is 11.5 Å². The summed E-state index contributed by atoms with van der Waals surface area (Å²) in [4.78, 5) is 22.6. The van der Waals surface area contributed by atoms with Crippen molar-refractivity contribution in [1.29, 1.82) is 0 Å². The minimum Gasteiger partial charge on any atom is -0.497 e. The van der Waals surface area contributed by atoms with Gasteiger partial charge in [-0.3, -0.25) is 14.8 Å². The van der Waals surface area contributed by atoms with Gasteiger partial charge in [-0.05, 0) is 18.6 Å². The smallest absolute Gasteiger partial charge is 0.252 e. The van der Waals surface area contributed by atoms with Crippen molar-refractivity contribution in [3.05, 3.63) is 48.3 Å². The summed E-state index contributed by atoms with van der Waals surface area (Å²) < 4.78 is 10.8. The molecule has 1 aromatic heterocycles. The lowest BCUT2D eigenvalue weighted by Gasteiger charge is -2.21. The molecule has 1 amide bonds. The highest BCUT2D eigenvalue weighted by Gasteiger charge is 2.24. The second kappa shape index (κ2) is 11.1. The third-order valence-corrected chi connectivity index (χ3v) is 5.08. The monoisotopic (exact) mass is 426 g/mol. The molecule has 2 aromatic rings. The van der Waals surface area contributed by atoms with E-state index in [1.807, 2.05) is 18.2 Å². The van der Waals surface area contributed by atoms with Crippen LogP contribution in [0.2, 0.25) is 0 Å². The molecule has 2 heterocycles. The van der Waals surface area contributed by atoms with E-state index in [4.69, 9.17) is 9.47 Å². The summed E-state index contributed by atoms with van der Waals surface area (Å²) >= 11 is 0. The summed E-state index contributed by atoms with van der Waals surface area (Å²) in [6.45, 7) is 2.81. The molecule has 1 aliphatic rings. The standard InChI is InChI=1S/C22H30N6O3/c1-23-22(26-9-8-25-21(29)16-5-4-7-24-14-16)27-17-6-10-28(15-17)18-11-19(30-2)13-20(12-18)31-3/h4-5,7,11-14,17H,6,8-10,15H2,1-3H3,(H,25,29)(H2,23,26,27). The fourth-order valence-electron chi connectivity index (χ4n) is 3.43. The predicted octanol–water partition coefficient (Wildman–Crippen LogP) is 1.27. The molecule has 0 bridgehead atoms. The summed E-state index contributed by atoms with van der Waals surface area (Å²) in [7, 11) is 5.05. The Balaban J connectivity index is 1.45. The van der Waals surface area contributed by atoms with Gasteiger partial charge >= 0.3 is 0 Å². The summed E-state index contributed by atoms with van der Waals surface area (Å²) in [5.41, 5.74) is 1.62. The van der Waals surface area contributed by atoms with Gasteiger partial charge in [-0.25, -0.2) is 0 Å². The topological polar surface area (TPSA) is 100 Å². The minimum absolute atomic E-state index is 0.141. The number of rotatable bonds is 8. The van der Waals surface area contributed by atoms with Crippen molar-refractivity contribution in [2.45, 2.75) is 12.5 Å². The fourth-order valence-corrected chi connectivity index (χ4v) is 3.43. The Morgan fingerprint density at radius 3 is 2.58 bits per heavy atom. The molecule has 3 rings (SSSR count). The number of hydrogen-bond donors (Lipinski definition) is 3. The van der Waals surface area contributed by atoms with Crippen LogP contribution in [0.4, 0.5) is 5.69 Å². The molecule has 9 nitrogen and oxygen atoms in total. The number of ether oxygens (including phenoxy) is 2. The first-order valence-corrected chi connectivity index (χ1v) is 10.3. The van der Waals surface area contributed by atoms with Crippen LogP contribution in [0.15, 0.2) is 47.7 Å². The SMILES string of the molecule is CN=C(NCCNC(=O)c1cccnc1)NC1CCN(c2cc(OC)cc(OC)c2)C1. The van der Waals surface area contributed by atoms with E-state index in [0.717, 1.165) is 36.7 Å². The van der Waals surface area contributed by atoms with Crippen LogP contribution < -0.4 is 30.3 Å². The van der Waals surface area contributed by atoms with Gasteiger partial charge in [0.25, 0.3) is 5.91 Å². The van der Waals surface area contributed by atoms with E-state index in [1.165, 1.54) is 0 Å². The summed E-state index contributed by atoms with van der Waals surface area (Å²) in [5, 5.41) is 9.56. The molecule has 0 saturated carbocycles. The highest BCUT2D eigenvalue weighted by Crippen LogP contribution is 2.30. The van der Waals surface area contributed by atoms with Gasteiger partial charge in [0.2, 0.25) is 0 Å². The van der Waals surface area contributed by atoms with Crippen LogP contribution in [0.1, 0.15) is 16.8 Å². The van der Waals surface area contributed by atoms with E-state index in [2.05, 4.69) is 30.8 Å². The number of nitrogens with zero attached hydrogens (tertiary/aromatic N) is 3. The number of benzene rings is 1. The van der Waals surface area contributed by atoms with Gasteiger partial charge in [-0.15, -0.1) is 0 Å². The molecule has 0 aliphatic carbocycles. The molecule has 1 atom stereocenters. The zero-order valence-corrected chi connectivity index (χ0v) is 18.2. The van der Waals surface area contributed by atoms with Crippen LogP contribution in [0, 0.1) is 0 Å². The second-order valence-corrected chi connectivity index (χ2v) is 7.14. The Hall–Kier alpha value is -3.49. The lowest BCUT2D eigenvalue weighted by molar-refractivity contribution is 0.0954. The first-order valence-electron chi connectivity index (χ1n) is 10.3. The van der Waals surface area contributed by atoms with Gasteiger partial charge in [0.15, 0.2) is 5.96 Å². The van der Waals surface area contributed by atoms with E-state index in [0.29, 0.717) is 24.6 Å². The molecule has 9 heteroatoms. The zero-order valence-electron chi connectivity index (χ0n) is 18.2. The van der Waals surface area contributed by atoms with Crippen LogP contribution in [-0.2, 0) is 0 Å². The van der Waals surface area contributed by atoms with E-state index < -0.39 is 0 Å².